The monoisotopic (exact) mass is 375 g/mol. The molecule has 0 bridgehead atoms. The van der Waals surface area contributed by atoms with Crippen LogP contribution in [0.2, 0.25) is 0 Å². The minimum atomic E-state index is -0.270. The van der Waals surface area contributed by atoms with Gasteiger partial charge in [0.15, 0.2) is 0 Å². The summed E-state index contributed by atoms with van der Waals surface area (Å²) in [6.45, 7) is 10.7. The fourth-order valence-corrected chi connectivity index (χ4v) is 3.73. The second-order valence-electron chi connectivity index (χ2n) is 7.00. The fraction of sp³-hybridized carbons (Fsp3) is 0.667. The normalized spacial score (nSPS) is 17.3. The quantitative estimate of drug-likeness (QED) is 0.785. The molecule has 9 nitrogen and oxygen atoms in total. The van der Waals surface area contributed by atoms with E-state index >= 15 is 0 Å². The van der Waals surface area contributed by atoms with Crippen LogP contribution in [-0.2, 0) is 24.4 Å². The Hall–Kier alpha value is -2.42. The lowest BCUT2D eigenvalue weighted by atomic mass is 9.99. The second-order valence-corrected chi connectivity index (χ2v) is 7.00. The first-order valence-corrected chi connectivity index (χ1v) is 9.68. The van der Waals surface area contributed by atoms with Gasteiger partial charge in [-0.1, -0.05) is 0 Å². The standard InChI is InChI=1S/C18H29N7O2/c1-5-23-17(14-8-7-9-19-10-14)22-25(18(23)27)11-15(26)20-16-12(3)21-24(6-2)13(16)4/h14,19H,5-11H2,1-4H3,(H,20,26)/t14-/m1/s1. The summed E-state index contributed by atoms with van der Waals surface area (Å²) in [6, 6.07) is 0. The van der Waals surface area contributed by atoms with Crippen LogP contribution in [0.3, 0.4) is 0 Å². The number of amides is 1. The Bertz CT molecular complexity index is 871. The zero-order valence-corrected chi connectivity index (χ0v) is 16.6. The highest BCUT2D eigenvalue weighted by Crippen LogP contribution is 2.21. The molecule has 1 aliphatic heterocycles. The van der Waals surface area contributed by atoms with Gasteiger partial charge < -0.3 is 10.6 Å². The van der Waals surface area contributed by atoms with E-state index in [-0.39, 0.29) is 24.1 Å². The van der Waals surface area contributed by atoms with Gasteiger partial charge in [-0.2, -0.15) is 10.2 Å². The molecule has 1 aliphatic rings. The number of piperidine rings is 1. The fourth-order valence-electron chi connectivity index (χ4n) is 3.73. The number of nitrogens with zero attached hydrogens (tertiary/aromatic N) is 5. The molecule has 27 heavy (non-hydrogen) atoms. The van der Waals surface area contributed by atoms with Gasteiger partial charge in [-0.3, -0.25) is 14.0 Å². The molecule has 1 amide bonds. The number of aromatic nitrogens is 5. The maximum Gasteiger partial charge on any atom is 0.346 e. The van der Waals surface area contributed by atoms with Crippen molar-refractivity contribution in [3.8, 4) is 0 Å². The average molecular weight is 375 g/mol. The minimum absolute atomic E-state index is 0.102. The Kier molecular flexibility index (Phi) is 5.79. The highest BCUT2D eigenvalue weighted by molar-refractivity contribution is 5.91. The van der Waals surface area contributed by atoms with E-state index in [1.165, 1.54) is 4.68 Å². The van der Waals surface area contributed by atoms with E-state index in [4.69, 9.17) is 0 Å². The van der Waals surface area contributed by atoms with E-state index in [1.54, 1.807) is 4.57 Å². The lowest BCUT2D eigenvalue weighted by Gasteiger charge is -2.21. The number of anilines is 1. The lowest BCUT2D eigenvalue weighted by molar-refractivity contribution is -0.117. The van der Waals surface area contributed by atoms with Gasteiger partial charge in [0.05, 0.1) is 17.1 Å². The third-order valence-corrected chi connectivity index (χ3v) is 5.17. The van der Waals surface area contributed by atoms with Crippen LogP contribution >= 0.6 is 0 Å². The molecule has 0 saturated carbocycles. The molecule has 2 N–H and O–H groups in total. The number of rotatable bonds is 6. The van der Waals surface area contributed by atoms with Crippen molar-refractivity contribution in [2.75, 3.05) is 18.4 Å². The number of carbonyl (C=O) groups excluding carboxylic acids is 1. The molecule has 1 fully saturated rings. The van der Waals surface area contributed by atoms with Gasteiger partial charge in [-0.05, 0) is 47.1 Å². The Morgan fingerprint density at radius 3 is 2.59 bits per heavy atom. The molecule has 3 heterocycles. The molecule has 3 rings (SSSR count). The molecule has 2 aromatic rings. The van der Waals surface area contributed by atoms with Crippen molar-refractivity contribution in [2.45, 2.75) is 66.1 Å². The SMILES string of the molecule is CCn1nc(C)c(NC(=O)Cn2nc([C@@H]3CCCNC3)n(CC)c2=O)c1C. The third kappa shape index (κ3) is 3.83. The molecule has 2 aromatic heterocycles. The van der Waals surface area contributed by atoms with Crippen LogP contribution in [0.5, 0.6) is 0 Å². The maximum atomic E-state index is 12.7. The summed E-state index contributed by atoms with van der Waals surface area (Å²) in [5, 5.41) is 15.1. The molecular weight excluding hydrogens is 346 g/mol. The first kappa shape index (κ1) is 19.3. The number of nitrogens with one attached hydrogen (secondary N) is 2. The largest absolute Gasteiger partial charge is 0.346 e. The Balaban J connectivity index is 1.79. The van der Waals surface area contributed by atoms with Gasteiger partial charge in [0, 0.05) is 25.6 Å². The van der Waals surface area contributed by atoms with E-state index < -0.39 is 0 Å². The van der Waals surface area contributed by atoms with Gasteiger partial charge in [-0.15, -0.1) is 0 Å². The van der Waals surface area contributed by atoms with Crippen LogP contribution in [0.25, 0.3) is 0 Å². The number of carbonyl (C=O) groups is 1. The van der Waals surface area contributed by atoms with Crippen molar-refractivity contribution < 1.29 is 4.79 Å². The van der Waals surface area contributed by atoms with Crippen LogP contribution in [0.4, 0.5) is 5.69 Å². The summed E-state index contributed by atoms with van der Waals surface area (Å²) >= 11 is 0. The average Bonchev–Trinajstić information content (AvgIpc) is 3.13. The smallest absolute Gasteiger partial charge is 0.321 e. The Labute approximate surface area is 158 Å². The van der Waals surface area contributed by atoms with E-state index in [0.29, 0.717) is 12.2 Å². The van der Waals surface area contributed by atoms with E-state index in [1.807, 2.05) is 32.4 Å². The molecule has 0 unspecified atom stereocenters. The first-order valence-electron chi connectivity index (χ1n) is 9.68. The van der Waals surface area contributed by atoms with Gasteiger partial charge >= 0.3 is 5.69 Å². The highest BCUT2D eigenvalue weighted by atomic mass is 16.2. The molecule has 148 valence electrons. The van der Waals surface area contributed by atoms with E-state index in [0.717, 1.165) is 49.7 Å². The summed E-state index contributed by atoms with van der Waals surface area (Å²) in [7, 11) is 0. The van der Waals surface area contributed by atoms with E-state index in [2.05, 4.69) is 20.8 Å². The van der Waals surface area contributed by atoms with Crippen molar-refractivity contribution in [2.24, 2.45) is 0 Å². The second kappa shape index (κ2) is 8.08. The summed E-state index contributed by atoms with van der Waals surface area (Å²) in [6.07, 6.45) is 2.07. The summed E-state index contributed by atoms with van der Waals surface area (Å²) in [4.78, 5) is 25.2. The topological polar surface area (TPSA) is 98.8 Å². The van der Waals surface area contributed by atoms with Gasteiger partial charge in [0.2, 0.25) is 5.91 Å². The predicted octanol–water partition coefficient (Wildman–Crippen LogP) is 1.00. The number of hydrogen-bond donors (Lipinski definition) is 2. The molecule has 1 saturated heterocycles. The summed E-state index contributed by atoms with van der Waals surface area (Å²) in [5.74, 6) is 0.713. The highest BCUT2D eigenvalue weighted by Gasteiger charge is 2.24. The zero-order valence-electron chi connectivity index (χ0n) is 16.6. The van der Waals surface area contributed by atoms with Crippen LogP contribution < -0.4 is 16.3 Å². The molecule has 0 radical (unpaired) electrons. The van der Waals surface area contributed by atoms with Crippen LogP contribution in [0.15, 0.2) is 4.79 Å². The van der Waals surface area contributed by atoms with Crippen LogP contribution in [0, 0.1) is 13.8 Å². The van der Waals surface area contributed by atoms with Crippen molar-refractivity contribution in [3.63, 3.8) is 0 Å². The van der Waals surface area contributed by atoms with Gasteiger partial charge in [0.25, 0.3) is 0 Å². The molecule has 0 aromatic carbocycles. The third-order valence-electron chi connectivity index (χ3n) is 5.17. The molecule has 9 heteroatoms. The van der Waals surface area contributed by atoms with Crippen LogP contribution in [-0.4, -0.2) is 43.1 Å². The molecule has 0 aliphatic carbocycles. The number of hydrogen-bond acceptors (Lipinski definition) is 5. The van der Waals surface area contributed by atoms with Crippen molar-refractivity contribution >= 4 is 11.6 Å². The molecule has 1 atom stereocenters. The lowest BCUT2D eigenvalue weighted by Crippen LogP contribution is -2.32. The summed E-state index contributed by atoms with van der Waals surface area (Å²) < 4.78 is 4.80. The Morgan fingerprint density at radius 2 is 2.00 bits per heavy atom. The minimum Gasteiger partial charge on any atom is -0.321 e. The van der Waals surface area contributed by atoms with Crippen LogP contribution in [0.1, 0.15) is 49.8 Å². The first-order chi connectivity index (χ1) is 13.0. The van der Waals surface area contributed by atoms with E-state index in [9.17, 15) is 9.59 Å². The Morgan fingerprint density at radius 1 is 1.22 bits per heavy atom. The number of aryl methyl sites for hydroxylation is 2. The van der Waals surface area contributed by atoms with Gasteiger partial charge in [-0.25, -0.2) is 9.48 Å². The van der Waals surface area contributed by atoms with Gasteiger partial charge in [0.1, 0.15) is 12.4 Å². The summed E-state index contributed by atoms with van der Waals surface area (Å²) in [5.41, 5.74) is 2.15. The molecular formula is C18H29N7O2. The van der Waals surface area contributed by atoms with Crippen molar-refractivity contribution in [1.82, 2.24) is 29.4 Å². The molecule has 0 spiro atoms. The maximum absolute atomic E-state index is 12.7. The van der Waals surface area contributed by atoms with Crippen molar-refractivity contribution in [3.05, 3.63) is 27.7 Å². The van der Waals surface area contributed by atoms with Crippen molar-refractivity contribution in [1.29, 1.82) is 0 Å². The predicted molar refractivity (Wildman–Crippen MR) is 103 cm³/mol. The zero-order chi connectivity index (χ0) is 19.6.